The fourth-order valence-electron chi connectivity index (χ4n) is 3.46. The minimum Gasteiger partial charge on any atom is -0.321 e. The molecule has 5 nitrogen and oxygen atoms in total. The lowest BCUT2D eigenvalue weighted by Crippen LogP contribution is -2.30. The van der Waals surface area contributed by atoms with Crippen molar-refractivity contribution >= 4 is 47.0 Å². The van der Waals surface area contributed by atoms with E-state index < -0.39 is 17.6 Å². The predicted molar refractivity (Wildman–Crippen MR) is 148 cm³/mol. The molecule has 0 radical (unpaired) electrons. The first-order valence-corrected chi connectivity index (χ1v) is 12.0. The highest BCUT2D eigenvalue weighted by Gasteiger charge is 2.15. The van der Waals surface area contributed by atoms with Crippen LogP contribution in [0.25, 0.3) is 12.2 Å². The Kier molecular flexibility index (Phi) is 8.59. The van der Waals surface area contributed by atoms with Gasteiger partial charge in [0.1, 0.15) is 11.5 Å². The van der Waals surface area contributed by atoms with Crippen molar-refractivity contribution in [2.75, 3.05) is 5.32 Å². The van der Waals surface area contributed by atoms with Crippen molar-refractivity contribution in [2.24, 2.45) is 0 Å². The van der Waals surface area contributed by atoms with Crippen LogP contribution < -0.4 is 10.6 Å². The molecule has 0 atom stereocenters. The molecule has 7 heteroatoms. The average molecular weight is 525 g/mol. The van der Waals surface area contributed by atoms with Crippen LogP contribution in [-0.4, -0.2) is 17.6 Å². The van der Waals surface area contributed by atoms with Crippen LogP contribution in [0, 0.1) is 5.82 Å². The fraction of sp³-hybridized carbons (Fsp3) is 0. The molecule has 38 heavy (non-hydrogen) atoms. The van der Waals surface area contributed by atoms with Gasteiger partial charge in [0.05, 0.1) is 0 Å². The molecule has 0 aromatic heterocycles. The molecule has 0 bridgehead atoms. The molecule has 2 N–H and O–H groups in total. The lowest BCUT2D eigenvalue weighted by atomic mass is 10.1. The highest BCUT2D eigenvalue weighted by atomic mass is 35.5. The first-order chi connectivity index (χ1) is 18.4. The highest BCUT2D eigenvalue weighted by molar-refractivity contribution is 6.30. The number of carbonyl (C=O) groups excluding carboxylic acids is 3. The third-order valence-corrected chi connectivity index (χ3v) is 5.65. The monoisotopic (exact) mass is 524 g/mol. The van der Waals surface area contributed by atoms with Gasteiger partial charge >= 0.3 is 0 Å². The van der Waals surface area contributed by atoms with E-state index in [1.165, 1.54) is 36.4 Å². The SMILES string of the molecule is O=C(Nc1ccc(C(=O)/C=C/c2cccc(Cl)c2)cc1)/C(=C/c1ccc(F)cc1)NC(=O)c1ccccc1. The summed E-state index contributed by atoms with van der Waals surface area (Å²) in [5.74, 6) is -1.69. The van der Waals surface area contributed by atoms with Crippen LogP contribution in [0.1, 0.15) is 31.8 Å². The predicted octanol–water partition coefficient (Wildman–Crippen LogP) is 6.78. The third-order valence-electron chi connectivity index (χ3n) is 5.41. The number of nitrogens with one attached hydrogen (secondary N) is 2. The number of hydrogen-bond acceptors (Lipinski definition) is 3. The summed E-state index contributed by atoms with van der Waals surface area (Å²) in [6, 6.07) is 27.5. The summed E-state index contributed by atoms with van der Waals surface area (Å²) in [4.78, 5) is 38.4. The number of carbonyl (C=O) groups is 3. The van der Waals surface area contributed by atoms with E-state index in [-0.39, 0.29) is 11.5 Å². The second kappa shape index (κ2) is 12.4. The van der Waals surface area contributed by atoms with Gasteiger partial charge in [-0.25, -0.2) is 4.39 Å². The van der Waals surface area contributed by atoms with E-state index in [2.05, 4.69) is 10.6 Å². The maximum absolute atomic E-state index is 13.3. The number of amides is 2. The number of ketones is 1. The summed E-state index contributed by atoms with van der Waals surface area (Å²) in [5, 5.41) is 5.92. The number of allylic oxidation sites excluding steroid dienone is 1. The van der Waals surface area contributed by atoms with Gasteiger partial charge in [-0.2, -0.15) is 0 Å². The number of benzene rings is 4. The molecule has 0 fully saturated rings. The molecule has 0 saturated heterocycles. The van der Waals surface area contributed by atoms with Crippen molar-refractivity contribution in [1.29, 1.82) is 0 Å². The van der Waals surface area contributed by atoms with Crippen LogP contribution in [0.4, 0.5) is 10.1 Å². The van der Waals surface area contributed by atoms with Crippen LogP contribution in [0.15, 0.2) is 115 Å². The molecule has 4 aromatic carbocycles. The van der Waals surface area contributed by atoms with E-state index in [1.807, 2.05) is 6.07 Å². The van der Waals surface area contributed by atoms with Crippen molar-refractivity contribution in [3.63, 3.8) is 0 Å². The van der Waals surface area contributed by atoms with E-state index >= 15 is 0 Å². The zero-order valence-electron chi connectivity index (χ0n) is 20.0. The van der Waals surface area contributed by atoms with Crippen LogP contribution in [0.3, 0.4) is 0 Å². The van der Waals surface area contributed by atoms with Gasteiger partial charge in [-0.15, -0.1) is 0 Å². The maximum atomic E-state index is 13.3. The molecule has 0 aliphatic heterocycles. The first-order valence-electron chi connectivity index (χ1n) is 11.6. The van der Waals surface area contributed by atoms with E-state index in [4.69, 9.17) is 11.6 Å². The van der Waals surface area contributed by atoms with Gasteiger partial charge in [-0.3, -0.25) is 14.4 Å². The molecular formula is C31H22ClFN2O3. The van der Waals surface area contributed by atoms with Gasteiger partial charge in [-0.05, 0) is 83.9 Å². The molecule has 4 rings (SSSR count). The molecule has 0 saturated carbocycles. The second-order valence-electron chi connectivity index (χ2n) is 8.21. The van der Waals surface area contributed by atoms with Crippen molar-refractivity contribution in [3.05, 3.63) is 148 Å². The molecule has 188 valence electrons. The van der Waals surface area contributed by atoms with Crippen molar-refractivity contribution in [1.82, 2.24) is 5.32 Å². The van der Waals surface area contributed by atoms with Crippen molar-refractivity contribution < 1.29 is 18.8 Å². The summed E-state index contributed by atoms with van der Waals surface area (Å²) in [6.07, 6.45) is 4.57. The maximum Gasteiger partial charge on any atom is 0.272 e. The van der Waals surface area contributed by atoms with Crippen LogP contribution >= 0.6 is 11.6 Å². The Bertz CT molecular complexity index is 1510. The minimum atomic E-state index is -0.585. The Labute approximate surface area is 224 Å². The zero-order valence-corrected chi connectivity index (χ0v) is 20.8. The number of halogens is 2. The van der Waals surface area contributed by atoms with Gasteiger partial charge in [0.25, 0.3) is 11.8 Å². The first kappa shape index (κ1) is 26.3. The summed E-state index contributed by atoms with van der Waals surface area (Å²) in [7, 11) is 0. The summed E-state index contributed by atoms with van der Waals surface area (Å²) in [6.45, 7) is 0. The van der Waals surface area contributed by atoms with E-state index in [0.29, 0.717) is 27.4 Å². The van der Waals surface area contributed by atoms with E-state index in [0.717, 1.165) is 5.56 Å². The topological polar surface area (TPSA) is 75.3 Å². The molecule has 0 aliphatic carbocycles. The Morgan fingerprint density at radius 3 is 2.13 bits per heavy atom. The average Bonchev–Trinajstić information content (AvgIpc) is 2.93. The molecule has 0 unspecified atom stereocenters. The molecule has 0 aliphatic rings. The number of rotatable bonds is 8. The number of hydrogen-bond donors (Lipinski definition) is 2. The largest absolute Gasteiger partial charge is 0.321 e. The van der Waals surface area contributed by atoms with Crippen LogP contribution in [0.5, 0.6) is 0 Å². The standard InChI is InChI=1S/C31H22ClFN2O3/c32-25-8-4-5-21(19-25)11-18-29(36)23-12-16-27(17-13-23)34-31(38)28(20-22-9-14-26(33)15-10-22)35-30(37)24-6-2-1-3-7-24/h1-20H,(H,34,38)(H,35,37)/b18-11+,28-20-. The normalized spacial score (nSPS) is 11.3. The lowest BCUT2D eigenvalue weighted by Gasteiger charge is -2.12. The van der Waals surface area contributed by atoms with Gasteiger partial charge in [0, 0.05) is 21.8 Å². The minimum absolute atomic E-state index is 0.0323. The van der Waals surface area contributed by atoms with E-state index in [1.54, 1.807) is 78.9 Å². The summed E-state index contributed by atoms with van der Waals surface area (Å²) >= 11 is 5.97. The van der Waals surface area contributed by atoms with Gasteiger partial charge < -0.3 is 10.6 Å². The molecule has 2 amide bonds. The van der Waals surface area contributed by atoms with Gasteiger partial charge in [0.2, 0.25) is 0 Å². The smallest absolute Gasteiger partial charge is 0.272 e. The highest BCUT2D eigenvalue weighted by Crippen LogP contribution is 2.16. The molecular weight excluding hydrogens is 503 g/mol. The van der Waals surface area contributed by atoms with E-state index in [9.17, 15) is 18.8 Å². The summed E-state index contributed by atoms with van der Waals surface area (Å²) < 4.78 is 13.3. The lowest BCUT2D eigenvalue weighted by molar-refractivity contribution is -0.113. The van der Waals surface area contributed by atoms with Crippen LogP contribution in [0.2, 0.25) is 5.02 Å². The molecule has 0 heterocycles. The number of anilines is 1. The van der Waals surface area contributed by atoms with Crippen molar-refractivity contribution in [3.8, 4) is 0 Å². The van der Waals surface area contributed by atoms with Crippen molar-refractivity contribution in [2.45, 2.75) is 0 Å². The Hall–Kier alpha value is -4.81. The Morgan fingerprint density at radius 1 is 0.737 bits per heavy atom. The third kappa shape index (κ3) is 7.35. The van der Waals surface area contributed by atoms with Crippen LogP contribution in [-0.2, 0) is 4.79 Å². The molecule has 4 aromatic rings. The van der Waals surface area contributed by atoms with Gasteiger partial charge in [-0.1, -0.05) is 60.1 Å². The Balaban J connectivity index is 1.49. The summed E-state index contributed by atoms with van der Waals surface area (Å²) in [5.41, 5.74) is 2.52. The Morgan fingerprint density at radius 2 is 1.45 bits per heavy atom. The second-order valence-corrected chi connectivity index (χ2v) is 8.65. The zero-order chi connectivity index (χ0) is 26.9. The van der Waals surface area contributed by atoms with Gasteiger partial charge in [0.15, 0.2) is 5.78 Å². The quantitative estimate of drug-likeness (QED) is 0.197. The fourth-order valence-corrected chi connectivity index (χ4v) is 3.66. The molecule has 0 spiro atoms.